The van der Waals surface area contributed by atoms with Crippen molar-refractivity contribution in [1.82, 2.24) is 9.97 Å². The van der Waals surface area contributed by atoms with Gasteiger partial charge in [-0.1, -0.05) is 0 Å². The van der Waals surface area contributed by atoms with Crippen molar-refractivity contribution in [2.24, 2.45) is 5.73 Å². The first-order chi connectivity index (χ1) is 7.70. The molecule has 88 valence electrons. The molecule has 2 heterocycles. The quantitative estimate of drug-likeness (QED) is 0.818. The fourth-order valence-electron chi connectivity index (χ4n) is 2.34. The van der Waals surface area contributed by atoms with Gasteiger partial charge in [-0.3, -0.25) is 0 Å². The summed E-state index contributed by atoms with van der Waals surface area (Å²) in [6.45, 7) is 5.75. The van der Waals surface area contributed by atoms with Crippen LogP contribution in [0.2, 0.25) is 0 Å². The lowest BCUT2D eigenvalue weighted by atomic mass is 10.0. The van der Waals surface area contributed by atoms with Crippen LogP contribution >= 0.6 is 0 Å². The maximum atomic E-state index is 5.81. The summed E-state index contributed by atoms with van der Waals surface area (Å²) in [4.78, 5) is 11.3. The molecule has 1 aliphatic rings. The predicted octanol–water partition coefficient (Wildman–Crippen LogP) is 1.41. The molecule has 2 N–H and O–H groups in total. The van der Waals surface area contributed by atoms with Crippen molar-refractivity contribution in [2.45, 2.75) is 39.2 Å². The van der Waals surface area contributed by atoms with Gasteiger partial charge >= 0.3 is 0 Å². The van der Waals surface area contributed by atoms with Gasteiger partial charge in [0, 0.05) is 30.5 Å². The third-order valence-corrected chi connectivity index (χ3v) is 3.13. The van der Waals surface area contributed by atoms with Crippen molar-refractivity contribution in [3.63, 3.8) is 0 Å². The molecule has 2 rings (SSSR count). The largest absolute Gasteiger partial charge is 0.337 e. The van der Waals surface area contributed by atoms with Crippen LogP contribution in [0.5, 0.6) is 0 Å². The topological polar surface area (TPSA) is 55.0 Å². The molecule has 0 aromatic carbocycles. The molecule has 1 aromatic rings. The van der Waals surface area contributed by atoms with E-state index in [2.05, 4.69) is 14.9 Å². The number of rotatable bonds is 2. The summed E-state index contributed by atoms with van der Waals surface area (Å²) in [6.07, 6.45) is 3.64. The first kappa shape index (κ1) is 11.3. The minimum absolute atomic E-state index is 0.412. The summed E-state index contributed by atoms with van der Waals surface area (Å²) in [5, 5.41) is 0. The molecule has 0 saturated carbocycles. The second kappa shape index (κ2) is 4.78. The molecule has 16 heavy (non-hydrogen) atoms. The van der Waals surface area contributed by atoms with Crippen molar-refractivity contribution in [3.8, 4) is 0 Å². The van der Waals surface area contributed by atoms with Gasteiger partial charge in [0.05, 0.1) is 0 Å². The van der Waals surface area contributed by atoms with Gasteiger partial charge in [0.2, 0.25) is 5.95 Å². The average molecular weight is 220 g/mol. The maximum Gasteiger partial charge on any atom is 0.226 e. The highest BCUT2D eigenvalue weighted by Gasteiger charge is 2.23. The highest BCUT2D eigenvalue weighted by atomic mass is 15.3. The molecule has 0 amide bonds. The van der Waals surface area contributed by atoms with E-state index in [1.54, 1.807) is 0 Å². The van der Waals surface area contributed by atoms with Crippen LogP contribution < -0.4 is 10.6 Å². The van der Waals surface area contributed by atoms with Gasteiger partial charge in [0.1, 0.15) is 0 Å². The lowest BCUT2D eigenvalue weighted by molar-refractivity contribution is 0.457. The molecule has 1 fully saturated rings. The molecular weight excluding hydrogens is 200 g/mol. The highest BCUT2D eigenvalue weighted by molar-refractivity contribution is 5.34. The molecule has 0 spiro atoms. The summed E-state index contributed by atoms with van der Waals surface area (Å²) in [6, 6.07) is 2.42. The Kier molecular flexibility index (Phi) is 3.39. The average Bonchev–Trinajstić information content (AvgIpc) is 2.27. The maximum absolute atomic E-state index is 5.81. The molecule has 1 unspecified atom stereocenters. The Bertz CT molecular complexity index is 344. The summed E-state index contributed by atoms with van der Waals surface area (Å²) >= 11 is 0. The zero-order chi connectivity index (χ0) is 11.5. The van der Waals surface area contributed by atoms with Gasteiger partial charge in [0.15, 0.2) is 0 Å². The van der Waals surface area contributed by atoms with Gasteiger partial charge < -0.3 is 10.6 Å². The molecule has 1 saturated heterocycles. The van der Waals surface area contributed by atoms with E-state index in [1.165, 1.54) is 12.8 Å². The third kappa shape index (κ3) is 2.32. The Labute approximate surface area is 96.9 Å². The standard InChI is InChI=1S/C12H20N4/c1-9-7-10(2)15-12(14-9)16-6-4-3-5-11(16)8-13/h7,11H,3-6,8,13H2,1-2H3. The van der Waals surface area contributed by atoms with E-state index in [0.717, 1.165) is 30.3 Å². The first-order valence-electron chi connectivity index (χ1n) is 5.99. The minimum atomic E-state index is 0.412. The number of anilines is 1. The monoisotopic (exact) mass is 220 g/mol. The van der Waals surface area contributed by atoms with Crippen LogP contribution in [0.4, 0.5) is 5.95 Å². The summed E-state index contributed by atoms with van der Waals surface area (Å²) in [5.41, 5.74) is 7.87. The summed E-state index contributed by atoms with van der Waals surface area (Å²) in [7, 11) is 0. The van der Waals surface area contributed by atoms with Gasteiger partial charge in [0.25, 0.3) is 0 Å². The molecular formula is C12H20N4. The van der Waals surface area contributed by atoms with Crippen LogP contribution in [0.3, 0.4) is 0 Å². The molecule has 1 atom stereocenters. The van der Waals surface area contributed by atoms with Crippen LogP contribution in [0.1, 0.15) is 30.7 Å². The Hall–Kier alpha value is -1.16. The number of hydrogen-bond acceptors (Lipinski definition) is 4. The van der Waals surface area contributed by atoms with E-state index in [-0.39, 0.29) is 0 Å². The van der Waals surface area contributed by atoms with E-state index < -0.39 is 0 Å². The smallest absolute Gasteiger partial charge is 0.226 e. The summed E-state index contributed by atoms with van der Waals surface area (Å²) < 4.78 is 0. The van der Waals surface area contributed by atoms with Gasteiger partial charge in [-0.25, -0.2) is 9.97 Å². The van der Waals surface area contributed by atoms with Gasteiger partial charge in [-0.05, 0) is 39.2 Å². The molecule has 0 radical (unpaired) electrons. The summed E-state index contributed by atoms with van der Waals surface area (Å²) in [5.74, 6) is 0.854. The zero-order valence-corrected chi connectivity index (χ0v) is 10.1. The van der Waals surface area contributed by atoms with Crippen LogP contribution in [0.25, 0.3) is 0 Å². The SMILES string of the molecule is Cc1cc(C)nc(N2CCCCC2CN)n1. The van der Waals surface area contributed by atoms with Crippen LogP contribution in [-0.4, -0.2) is 29.1 Å². The van der Waals surface area contributed by atoms with Gasteiger partial charge in [-0.2, -0.15) is 0 Å². The van der Waals surface area contributed by atoms with Crippen LogP contribution in [0.15, 0.2) is 6.07 Å². The van der Waals surface area contributed by atoms with E-state index in [4.69, 9.17) is 5.73 Å². The molecule has 1 aliphatic heterocycles. The van der Waals surface area contributed by atoms with Crippen molar-refractivity contribution < 1.29 is 0 Å². The normalized spacial score (nSPS) is 21.2. The zero-order valence-electron chi connectivity index (χ0n) is 10.1. The van der Waals surface area contributed by atoms with E-state index in [1.807, 2.05) is 19.9 Å². The van der Waals surface area contributed by atoms with E-state index >= 15 is 0 Å². The molecule has 0 bridgehead atoms. The number of nitrogens with zero attached hydrogens (tertiary/aromatic N) is 3. The van der Waals surface area contributed by atoms with E-state index in [9.17, 15) is 0 Å². The second-order valence-electron chi connectivity index (χ2n) is 4.53. The third-order valence-electron chi connectivity index (χ3n) is 3.13. The second-order valence-corrected chi connectivity index (χ2v) is 4.53. The molecule has 4 heteroatoms. The van der Waals surface area contributed by atoms with Crippen LogP contribution in [-0.2, 0) is 0 Å². The molecule has 4 nitrogen and oxygen atoms in total. The number of aromatic nitrogens is 2. The van der Waals surface area contributed by atoms with Crippen LogP contribution in [0, 0.1) is 13.8 Å². The van der Waals surface area contributed by atoms with Crippen molar-refractivity contribution >= 4 is 5.95 Å². The van der Waals surface area contributed by atoms with Crippen molar-refractivity contribution in [3.05, 3.63) is 17.5 Å². The molecule has 0 aliphatic carbocycles. The Morgan fingerprint density at radius 1 is 1.31 bits per heavy atom. The van der Waals surface area contributed by atoms with Crippen molar-refractivity contribution in [1.29, 1.82) is 0 Å². The first-order valence-corrected chi connectivity index (χ1v) is 5.99. The molecule has 1 aromatic heterocycles. The predicted molar refractivity (Wildman–Crippen MR) is 65.5 cm³/mol. The fourth-order valence-corrected chi connectivity index (χ4v) is 2.34. The lowest BCUT2D eigenvalue weighted by Gasteiger charge is -2.35. The van der Waals surface area contributed by atoms with Crippen molar-refractivity contribution in [2.75, 3.05) is 18.0 Å². The highest BCUT2D eigenvalue weighted by Crippen LogP contribution is 2.21. The number of hydrogen-bond donors (Lipinski definition) is 1. The Balaban J connectivity index is 2.26. The number of nitrogens with two attached hydrogens (primary N) is 1. The number of piperidine rings is 1. The lowest BCUT2D eigenvalue weighted by Crippen LogP contribution is -2.45. The van der Waals surface area contributed by atoms with Gasteiger partial charge in [-0.15, -0.1) is 0 Å². The Morgan fingerprint density at radius 2 is 2.00 bits per heavy atom. The number of aryl methyl sites for hydroxylation is 2. The van der Waals surface area contributed by atoms with E-state index in [0.29, 0.717) is 12.6 Å². The fraction of sp³-hybridized carbons (Fsp3) is 0.667. The minimum Gasteiger partial charge on any atom is -0.337 e. The Morgan fingerprint density at radius 3 is 2.62 bits per heavy atom.